The highest BCUT2D eigenvalue weighted by atomic mass is 16.2. The molecule has 2 amide bonds. The Kier molecular flexibility index (Phi) is 3.94. The SMILES string of the molecule is CCC1NC(=O)C(CC)(CC)N(CC)C1=O. The van der Waals surface area contributed by atoms with Crippen LogP contribution in [-0.2, 0) is 9.59 Å². The van der Waals surface area contributed by atoms with E-state index in [-0.39, 0.29) is 17.9 Å². The molecule has 1 heterocycles. The van der Waals surface area contributed by atoms with Crippen molar-refractivity contribution in [2.45, 2.75) is 58.5 Å². The van der Waals surface area contributed by atoms with Gasteiger partial charge >= 0.3 is 0 Å². The number of hydrogen-bond donors (Lipinski definition) is 1. The summed E-state index contributed by atoms with van der Waals surface area (Å²) in [4.78, 5) is 26.1. The molecule has 4 heteroatoms. The number of carbonyl (C=O) groups excluding carboxylic acids is 2. The van der Waals surface area contributed by atoms with E-state index >= 15 is 0 Å². The summed E-state index contributed by atoms with van der Waals surface area (Å²) in [7, 11) is 0. The summed E-state index contributed by atoms with van der Waals surface area (Å²) in [6.45, 7) is 8.38. The van der Waals surface area contributed by atoms with Crippen LogP contribution in [0, 0.1) is 0 Å². The summed E-state index contributed by atoms with van der Waals surface area (Å²) < 4.78 is 0. The van der Waals surface area contributed by atoms with Crippen molar-refractivity contribution in [3.05, 3.63) is 0 Å². The minimum atomic E-state index is -0.627. The molecule has 0 aliphatic carbocycles. The van der Waals surface area contributed by atoms with E-state index < -0.39 is 5.54 Å². The molecule has 1 unspecified atom stereocenters. The van der Waals surface area contributed by atoms with Gasteiger partial charge in [-0.05, 0) is 26.2 Å². The van der Waals surface area contributed by atoms with Gasteiger partial charge in [0.05, 0.1) is 0 Å². The second-order valence-electron chi connectivity index (χ2n) is 4.26. The van der Waals surface area contributed by atoms with Crippen molar-refractivity contribution in [1.29, 1.82) is 0 Å². The van der Waals surface area contributed by atoms with Gasteiger partial charge in [-0.15, -0.1) is 0 Å². The lowest BCUT2D eigenvalue weighted by molar-refractivity contribution is -0.158. The first-order chi connectivity index (χ1) is 7.57. The molecular weight excluding hydrogens is 204 g/mol. The highest BCUT2D eigenvalue weighted by Crippen LogP contribution is 2.29. The lowest BCUT2D eigenvalue weighted by atomic mass is 9.85. The number of hydrogen-bond acceptors (Lipinski definition) is 2. The van der Waals surface area contributed by atoms with E-state index in [1.165, 1.54) is 0 Å². The third-order valence-corrected chi connectivity index (χ3v) is 3.70. The molecule has 1 aliphatic heterocycles. The van der Waals surface area contributed by atoms with Gasteiger partial charge in [0.1, 0.15) is 11.6 Å². The van der Waals surface area contributed by atoms with Crippen LogP contribution in [0.15, 0.2) is 0 Å². The third kappa shape index (κ3) is 1.70. The lowest BCUT2D eigenvalue weighted by Crippen LogP contribution is -2.70. The lowest BCUT2D eigenvalue weighted by Gasteiger charge is -2.47. The molecule has 4 nitrogen and oxygen atoms in total. The van der Waals surface area contributed by atoms with Crippen LogP contribution in [0.4, 0.5) is 0 Å². The van der Waals surface area contributed by atoms with Crippen LogP contribution >= 0.6 is 0 Å². The monoisotopic (exact) mass is 226 g/mol. The second kappa shape index (κ2) is 4.85. The van der Waals surface area contributed by atoms with E-state index in [2.05, 4.69) is 5.32 Å². The highest BCUT2D eigenvalue weighted by Gasteiger charge is 2.48. The highest BCUT2D eigenvalue weighted by molar-refractivity contribution is 5.99. The Bertz CT molecular complexity index is 283. The largest absolute Gasteiger partial charge is 0.342 e. The summed E-state index contributed by atoms with van der Waals surface area (Å²) in [5.41, 5.74) is -0.627. The van der Waals surface area contributed by atoms with Gasteiger partial charge in [-0.1, -0.05) is 20.8 Å². The van der Waals surface area contributed by atoms with Crippen LogP contribution in [0.5, 0.6) is 0 Å². The number of rotatable bonds is 4. The number of amides is 2. The quantitative estimate of drug-likeness (QED) is 0.785. The number of likely N-dealkylation sites (N-methyl/N-ethyl adjacent to an activating group) is 1. The van der Waals surface area contributed by atoms with Gasteiger partial charge in [0.25, 0.3) is 0 Å². The number of piperazine rings is 1. The maximum Gasteiger partial charge on any atom is 0.246 e. The Balaban J connectivity index is 3.10. The Morgan fingerprint density at radius 1 is 1.19 bits per heavy atom. The molecule has 0 bridgehead atoms. The molecule has 1 fully saturated rings. The van der Waals surface area contributed by atoms with E-state index in [4.69, 9.17) is 0 Å². The minimum Gasteiger partial charge on any atom is -0.342 e. The molecular formula is C12H22N2O2. The maximum absolute atomic E-state index is 12.2. The summed E-state index contributed by atoms with van der Waals surface area (Å²) in [6, 6.07) is -0.335. The molecule has 1 atom stereocenters. The van der Waals surface area contributed by atoms with Crippen molar-refractivity contribution in [2.24, 2.45) is 0 Å². The normalized spacial score (nSPS) is 24.5. The smallest absolute Gasteiger partial charge is 0.246 e. The van der Waals surface area contributed by atoms with Gasteiger partial charge in [-0.25, -0.2) is 0 Å². The predicted octanol–water partition coefficient (Wildman–Crippen LogP) is 1.30. The second-order valence-corrected chi connectivity index (χ2v) is 4.26. The average molecular weight is 226 g/mol. The fourth-order valence-corrected chi connectivity index (χ4v) is 2.56. The van der Waals surface area contributed by atoms with Crippen molar-refractivity contribution in [3.8, 4) is 0 Å². The Hall–Kier alpha value is -1.06. The van der Waals surface area contributed by atoms with Gasteiger partial charge in [-0.3, -0.25) is 9.59 Å². The first kappa shape index (κ1) is 13.0. The van der Waals surface area contributed by atoms with E-state index in [0.29, 0.717) is 25.8 Å². The molecule has 1 aliphatic rings. The van der Waals surface area contributed by atoms with Crippen molar-refractivity contribution >= 4 is 11.8 Å². The van der Waals surface area contributed by atoms with Crippen molar-refractivity contribution in [3.63, 3.8) is 0 Å². The zero-order valence-electron chi connectivity index (χ0n) is 10.7. The molecule has 0 aromatic heterocycles. The van der Waals surface area contributed by atoms with Crippen LogP contribution in [0.1, 0.15) is 47.0 Å². The molecule has 0 aromatic rings. The summed E-state index contributed by atoms with van der Waals surface area (Å²) in [5, 5.41) is 2.84. The molecule has 16 heavy (non-hydrogen) atoms. The average Bonchev–Trinajstić information content (AvgIpc) is 2.31. The predicted molar refractivity (Wildman–Crippen MR) is 62.9 cm³/mol. The van der Waals surface area contributed by atoms with Crippen molar-refractivity contribution in [1.82, 2.24) is 10.2 Å². The standard InChI is InChI=1S/C12H22N2O2/c1-5-9-10(15)14(8-4)12(6-2,7-3)11(16)13-9/h9H,5-8H2,1-4H3,(H,13,16). The zero-order valence-corrected chi connectivity index (χ0v) is 10.7. The topological polar surface area (TPSA) is 49.4 Å². The van der Waals surface area contributed by atoms with Crippen LogP contribution in [-0.4, -0.2) is 34.8 Å². The molecule has 1 N–H and O–H groups in total. The van der Waals surface area contributed by atoms with Crippen molar-refractivity contribution in [2.75, 3.05) is 6.54 Å². The van der Waals surface area contributed by atoms with Gasteiger partial charge in [0.15, 0.2) is 0 Å². The third-order valence-electron chi connectivity index (χ3n) is 3.70. The van der Waals surface area contributed by atoms with Crippen molar-refractivity contribution < 1.29 is 9.59 Å². The number of nitrogens with zero attached hydrogens (tertiary/aromatic N) is 1. The van der Waals surface area contributed by atoms with Crippen LogP contribution < -0.4 is 5.32 Å². The minimum absolute atomic E-state index is 0.00537. The zero-order chi connectivity index (χ0) is 12.3. The molecule has 0 saturated carbocycles. The number of carbonyl (C=O) groups is 2. The molecule has 92 valence electrons. The molecule has 1 rings (SSSR count). The van der Waals surface area contributed by atoms with Crippen LogP contribution in [0.25, 0.3) is 0 Å². The van der Waals surface area contributed by atoms with E-state index in [1.807, 2.05) is 27.7 Å². The fourth-order valence-electron chi connectivity index (χ4n) is 2.56. The van der Waals surface area contributed by atoms with Gasteiger partial charge in [0, 0.05) is 6.54 Å². The maximum atomic E-state index is 12.2. The van der Waals surface area contributed by atoms with Crippen LogP contribution in [0.3, 0.4) is 0 Å². The van der Waals surface area contributed by atoms with Crippen LogP contribution in [0.2, 0.25) is 0 Å². The van der Waals surface area contributed by atoms with Gasteiger partial charge in [-0.2, -0.15) is 0 Å². The molecule has 0 spiro atoms. The number of nitrogens with one attached hydrogen (secondary N) is 1. The summed E-state index contributed by atoms with van der Waals surface area (Å²) in [6.07, 6.45) is 2.00. The Morgan fingerprint density at radius 2 is 1.75 bits per heavy atom. The fraction of sp³-hybridized carbons (Fsp3) is 0.833. The van der Waals surface area contributed by atoms with Gasteiger partial charge in [0.2, 0.25) is 11.8 Å². The summed E-state index contributed by atoms with van der Waals surface area (Å²) in [5.74, 6) is 0.0686. The Labute approximate surface area is 97.4 Å². The molecule has 0 radical (unpaired) electrons. The molecule has 1 saturated heterocycles. The first-order valence-corrected chi connectivity index (χ1v) is 6.19. The Morgan fingerprint density at radius 3 is 2.12 bits per heavy atom. The van der Waals surface area contributed by atoms with E-state index in [9.17, 15) is 9.59 Å². The first-order valence-electron chi connectivity index (χ1n) is 6.19. The van der Waals surface area contributed by atoms with Gasteiger partial charge < -0.3 is 10.2 Å². The van der Waals surface area contributed by atoms with E-state index in [1.54, 1.807) is 4.90 Å². The molecule has 0 aromatic carbocycles. The summed E-state index contributed by atoms with van der Waals surface area (Å²) >= 11 is 0. The van der Waals surface area contributed by atoms with E-state index in [0.717, 1.165) is 0 Å².